The van der Waals surface area contributed by atoms with Crippen LogP contribution in [0.1, 0.15) is 24.0 Å². The standard InChI is InChI=1S/C13H17NO3/c1-8-11(7-17-8)10-4-2-9(3-5-10)6-12(14)13(15)16/h2-5,8,11-12H,6-7,14H2,1H3,(H,15,16)/t8?,11?,12-/m0/s1. The Bertz CT molecular complexity index is 402. The van der Waals surface area contributed by atoms with E-state index >= 15 is 0 Å². The molecule has 2 rings (SSSR count). The molecule has 92 valence electrons. The predicted octanol–water partition coefficient (Wildman–Crippen LogP) is 1.14. The number of hydrogen-bond donors (Lipinski definition) is 2. The Hall–Kier alpha value is -1.39. The van der Waals surface area contributed by atoms with Crippen molar-refractivity contribution in [3.8, 4) is 0 Å². The van der Waals surface area contributed by atoms with Crippen LogP contribution in [0.25, 0.3) is 0 Å². The van der Waals surface area contributed by atoms with Gasteiger partial charge in [0.05, 0.1) is 12.7 Å². The van der Waals surface area contributed by atoms with Crippen LogP contribution in [-0.2, 0) is 16.0 Å². The number of nitrogens with two attached hydrogens (primary N) is 1. The van der Waals surface area contributed by atoms with Crippen molar-refractivity contribution in [1.82, 2.24) is 0 Å². The van der Waals surface area contributed by atoms with E-state index in [0.717, 1.165) is 12.2 Å². The van der Waals surface area contributed by atoms with Crippen LogP contribution in [0.5, 0.6) is 0 Å². The first-order chi connectivity index (χ1) is 8.08. The molecule has 1 aromatic rings. The normalized spacial score (nSPS) is 25.1. The summed E-state index contributed by atoms with van der Waals surface area (Å²) in [7, 11) is 0. The fourth-order valence-electron chi connectivity index (χ4n) is 1.99. The van der Waals surface area contributed by atoms with Gasteiger partial charge in [-0.2, -0.15) is 0 Å². The smallest absolute Gasteiger partial charge is 0.320 e. The largest absolute Gasteiger partial charge is 0.480 e. The van der Waals surface area contributed by atoms with Crippen molar-refractivity contribution in [3.05, 3.63) is 35.4 Å². The number of benzene rings is 1. The molecule has 17 heavy (non-hydrogen) atoms. The summed E-state index contributed by atoms with van der Waals surface area (Å²) in [4.78, 5) is 10.6. The van der Waals surface area contributed by atoms with Crippen LogP contribution in [0.3, 0.4) is 0 Å². The van der Waals surface area contributed by atoms with E-state index in [0.29, 0.717) is 12.3 Å². The van der Waals surface area contributed by atoms with Crippen LogP contribution < -0.4 is 5.73 Å². The third-order valence-corrected chi connectivity index (χ3v) is 3.29. The van der Waals surface area contributed by atoms with Gasteiger partial charge in [0, 0.05) is 5.92 Å². The molecule has 1 aliphatic rings. The minimum Gasteiger partial charge on any atom is -0.480 e. The number of aliphatic carboxylic acids is 1. The van der Waals surface area contributed by atoms with E-state index in [1.165, 1.54) is 5.56 Å². The fourth-order valence-corrected chi connectivity index (χ4v) is 1.99. The summed E-state index contributed by atoms with van der Waals surface area (Å²) < 4.78 is 5.33. The maximum atomic E-state index is 10.6. The summed E-state index contributed by atoms with van der Waals surface area (Å²) in [6, 6.07) is 7.14. The average molecular weight is 235 g/mol. The molecule has 3 atom stereocenters. The van der Waals surface area contributed by atoms with Crippen LogP contribution in [0.4, 0.5) is 0 Å². The first kappa shape index (κ1) is 12.1. The van der Waals surface area contributed by atoms with Gasteiger partial charge in [0.25, 0.3) is 0 Å². The van der Waals surface area contributed by atoms with Gasteiger partial charge in [0.15, 0.2) is 0 Å². The van der Waals surface area contributed by atoms with Crippen molar-refractivity contribution in [1.29, 1.82) is 0 Å². The molecule has 0 bridgehead atoms. The molecule has 0 spiro atoms. The van der Waals surface area contributed by atoms with E-state index < -0.39 is 12.0 Å². The molecule has 0 radical (unpaired) electrons. The summed E-state index contributed by atoms with van der Waals surface area (Å²) in [5, 5.41) is 8.73. The van der Waals surface area contributed by atoms with Crippen LogP contribution in [0.2, 0.25) is 0 Å². The molecule has 0 aromatic heterocycles. The highest BCUT2D eigenvalue weighted by Crippen LogP contribution is 2.30. The fraction of sp³-hybridized carbons (Fsp3) is 0.462. The number of carboxylic acid groups (broad SMARTS) is 1. The van der Waals surface area contributed by atoms with E-state index in [9.17, 15) is 4.79 Å². The van der Waals surface area contributed by atoms with E-state index in [4.69, 9.17) is 15.6 Å². The van der Waals surface area contributed by atoms with Gasteiger partial charge in [-0.1, -0.05) is 24.3 Å². The third-order valence-electron chi connectivity index (χ3n) is 3.29. The molecule has 1 fully saturated rings. The molecule has 0 aliphatic carbocycles. The molecule has 3 N–H and O–H groups in total. The number of carbonyl (C=O) groups is 1. The van der Waals surface area contributed by atoms with Crippen LogP contribution >= 0.6 is 0 Å². The van der Waals surface area contributed by atoms with E-state index in [2.05, 4.69) is 6.92 Å². The highest BCUT2D eigenvalue weighted by molar-refractivity contribution is 5.73. The Morgan fingerprint density at radius 1 is 1.53 bits per heavy atom. The van der Waals surface area contributed by atoms with Gasteiger partial charge >= 0.3 is 5.97 Å². The zero-order valence-electron chi connectivity index (χ0n) is 9.80. The Kier molecular flexibility index (Phi) is 3.45. The highest BCUT2D eigenvalue weighted by atomic mass is 16.5. The molecule has 1 aromatic carbocycles. The van der Waals surface area contributed by atoms with Gasteiger partial charge in [-0.25, -0.2) is 0 Å². The second-order valence-corrected chi connectivity index (χ2v) is 4.54. The van der Waals surface area contributed by atoms with Crippen molar-refractivity contribution in [3.63, 3.8) is 0 Å². The maximum absolute atomic E-state index is 10.6. The van der Waals surface area contributed by atoms with E-state index in [1.807, 2.05) is 24.3 Å². The predicted molar refractivity (Wildman–Crippen MR) is 63.9 cm³/mol. The summed E-state index contributed by atoms with van der Waals surface area (Å²) >= 11 is 0. The first-order valence-corrected chi connectivity index (χ1v) is 5.76. The molecule has 1 aliphatic heterocycles. The SMILES string of the molecule is CC1OCC1c1ccc(C[C@H](N)C(=O)O)cc1. The molecular weight excluding hydrogens is 218 g/mol. The topological polar surface area (TPSA) is 72.5 Å². The molecular formula is C13H17NO3. The van der Waals surface area contributed by atoms with Gasteiger partial charge < -0.3 is 15.6 Å². The van der Waals surface area contributed by atoms with Gasteiger partial charge in [0.2, 0.25) is 0 Å². The number of ether oxygens (including phenoxy) is 1. The van der Waals surface area contributed by atoms with Gasteiger partial charge in [-0.15, -0.1) is 0 Å². The second-order valence-electron chi connectivity index (χ2n) is 4.54. The molecule has 0 saturated carbocycles. The lowest BCUT2D eigenvalue weighted by atomic mass is 9.90. The average Bonchev–Trinajstić information content (AvgIpc) is 2.29. The summed E-state index contributed by atoms with van der Waals surface area (Å²) in [6.07, 6.45) is 0.647. The lowest BCUT2D eigenvalue weighted by molar-refractivity contribution is -0.138. The molecule has 1 saturated heterocycles. The molecule has 4 nitrogen and oxygen atoms in total. The molecule has 4 heteroatoms. The zero-order valence-corrected chi connectivity index (χ0v) is 9.80. The molecule has 0 amide bonds. The lowest BCUT2D eigenvalue weighted by Crippen LogP contribution is -2.35. The Labute approximate surface area is 100 Å². The summed E-state index contributed by atoms with van der Waals surface area (Å²) in [5.41, 5.74) is 7.69. The highest BCUT2D eigenvalue weighted by Gasteiger charge is 2.29. The summed E-state index contributed by atoms with van der Waals surface area (Å²) in [6.45, 7) is 2.83. The van der Waals surface area contributed by atoms with Crippen molar-refractivity contribution in [2.24, 2.45) is 5.73 Å². The van der Waals surface area contributed by atoms with Crippen molar-refractivity contribution in [2.75, 3.05) is 6.61 Å². The molecule has 2 unspecified atom stereocenters. The van der Waals surface area contributed by atoms with E-state index in [1.54, 1.807) is 0 Å². The number of hydrogen-bond acceptors (Lipinski definition) is 3. The van der Waals surface area contributed by atoms with Gasteiger partial charge in [0.1, 0.15) is 6.04 Å². The van der Waals surface area contributed by atoms with E-state index in [-0.39, 0.29) is 6.10 Å². The first-order valence-electron chi connectivity index (χ1n) is 5.76. The minimum atomic E-state index is -0.963. The van der Waals surface area contributed by atoms with Crippen LogP contribution in [0.15, 0.2) is 24.3 Å². The minimum absolute atomic E-state index is 0.280. The number of rotatable bonds is 4. The van der Waals surface area contributed by atoms with Crippen molar-refractivity contribution < 1.29 is 14.6 Å². The van der Waals surface area contributed by atoms with Crippen molar-refractivity contribution >= 4 is 5.97 Å². The second kappa shape index (κ2) is 4.85. The van der Waals surface area contributed by atoms with Gasteiger partial charge in [-0.05, 0) is 24.5 Å². The quantitative estimate of drug-likeness (QED) is 0.821. The maximum Gasteiger partial charge on any atom is 0.320 e. The van der Waals surface area contributed by atoms with Crippen LogP contribution in [-0.4, -0.2) is 29.8 Å². The van der Waals surface area contributed by atoms with Crippen molar-refractivity contribution in [2.45, 2.75) is 31.4 Å². The zero-order chi connectivity index (χ0) is 12.4. The lowest BCUT2D eigenvalue weighted by Gasteiger charge is -2.34. The van der Waals surface area contributed by atoms with Gasteiger partial charge in [-0.3, -0.25) is 4.79 Å². The summed E-state index contributed by atoms with van der Waals surface area (Å²) in [5.74, 6) is -0.493. The third kappa shape index (κ3) is 2.65. The van der Waals surface area contributed by atoms with Crippen LogP contribution in [0, 0.1) is 0 Å². The monoisotopic (exact) mass is 235 g/mol. The Morgan fingerprint density at radius 3 is 2.59 bits per heavy atom. The Balaban J connectivity index is 2.00. The molecule has 1 heterocycles. The Morgan fingerprint density at radius 2 is 2.18 bits per heavy atom. The number of carboxylic acids is 1.